The van der Waals surface area contributed by atoms with Crippen molar-refractivity contribution in [1.82, 2.24) is 15.5 Å². The quantitative estimate of drug-likeness (QED) is 0.376. The second-order valence-electron chi connectivity index (χ2n) is 10.6. The van der Waals surface area contributed by atoms with Gasteiger partial charge in [-0.2, -0.15) is 11.8 Å². The van der Waals surface area contributed by atoms with Crippen molar-refractivity contribution in [2.24, 2.45) is 11.7 Å². The molecule has 1 aliphatic carbocycles. The van der Waals surface area contributed by atoms with Crippen molar-refractivity contribution >= 4 is 29.7 Å². The molecule has 0 aromatic rings. The smallest absolute Gasteiger partial charge is 0.407 e. The third-order valence-electron chi connectivity index (χ3n) is 6.68. The van der Waals surface area contributed by atoms with Crippen LogP contribution in [0.5, 0.6) is 0 Å². The van der Waals surface area contributed by atoms with Gasteiger partial charge in [-0.1, -0.05) is 46.5 Å². The van der Waals surface area contributed by atoms with Gasteiger partial charge in [0.2, 0.25) is 11.8 Å². The number of nitrogens with zero attached hydrogens (tertiary/aromatic N) is 1. The van der Waals surface area contributed by atoms with Crippen molar-refractivity contribution in [2.45, 2.75) is 114 Å². The highest BCUT2D eigenvalue weighted by Crippen LogP contribution is 2.34. The van der Waals surface area contributed by atoms with Crippen LogP contribution in [-0.4, -0.2) is 70.6 Å². The molecule has 3 atom stereocenters. The Kier molecular flexibility index (Phi) is 11.5. The number of unbranched alkanes of at least 4 members (excludes halogenated alkanes) is 1. The van der Waals surface area contributed by atoms with E-state index in [0.29, 0.717) is 32.0 Å². The van der Waals surface area contributed by atoms with E-state index in [0.717, 1.165) is 25.7 Å². The summed E-state index contributed by atoms with van der Waals surface area (Å²) in [6, 6.07) is -1.73. The Balaban J connectivity index is 2.13. The van der Waals surface area contributed by atoms with Gasteiger partial charge in [0.05, 0.1) is 6.61 Å². The van der Waals surface area contributed by atoms with E-state index in [1.165, 1.54) is 19.3 Å². The molecule has 2 fully saturated rings. The van der Waals surface area contributed by atoms with E-state index in [1.807, 2.05) is 20.8 Å². The van der Waals surface area contributed by atoms with Gasteiger partial charge in [-0.15, -0.1) is 0 Å². The molecule has 8 nitrogen and oxygen atoms in total. The zero-order valence-corrected chi connectivity index (χ0v) is 22.5. The summed E-state index contributed by atoms with van der Waals surface area (Å²) >= 11 is 1.61. The minimum absolute atomic E-state index is 0.148. The van der Waals surface area contributed by atoms with Crippen LogP contribution in [-0.2, 0) is 14.3 Å². The number of carbonyl (C=O) groups is 3. The van der Waals surface area contributed by atoms with Crippen molar-refractivity contribution < 1.29 is 19.1 Å². The Bertz CT molecular complexity index is 682. The average Bonchev–Trinajstić information content (AvgIpc) is 3.17. The van der Waals surface area contributed by atoms with Crippen LogP contribution in [0.2, 0.25) is 0 Å². The second kappa shape index (κ2) is 13.6. The third kappa shape index (κ3) is 8.63. The predicted molar refractivity (Wildman–Crippen MR) is 138 cm³/mol. The van der Waals surface area contributed by atoms with Gasteiger partial charge >= 0.3 is 6.09 Å². The minimum Gasteiger partial charge on any atom is -0.450 e. The fourth-order valence-corrected chi connectivity index (χ4v) is 6.47. The summed E-state index contributed by atoms with van der Waals surface area (Å²) < 4.78 is 4.69. The lowest BCUT2D eigenvalue weighted by Gasteiger charge is -2.38. The summed E-state index contributed by atoms with van der Waals surface area (Å²) in [6.07, 6.45) is 7.46. The van der Waals surface area contributed by atoms with E-state index >= 15 is 0 Å². The molecule has 0 bridgehead atoms. The highest BCUT2D eigenvalue weighted by atomic mass is 32.2. The van der Waals surface area contributed by atoms with Crippen LogP contribution >= 0.6 is 11.8 Å². The number of amides is 3. The summed E-state index contributed by atoms with van der Waals surface area (Å²) in [5, 5.41) is 6.14. The molecule has 9 heteroatoms. The fourth-order valence-electron chi connectivity index (χ4n) is 4.96. The molecule has 1 aliphatic heterocycles. The van der Waals surface area contributed by atoms with Crippen LogP contribution in [0.15, 0.2) is 0 Å². The first-order chi connectivity index (χ1) is 16.0. The maximum Gasteiger partial charge on any atom is 0.407 e. The van der Waals surface area contributed by atoms with Crippen LogP contribution < -0.4 is 16.4 Å². The lowest BCUT2D eigenvalue weighted by Crippen LogP contribution is -2.60. The number of nitrogens with two attached hydrogens (primary N) is 1. The first-order valence-electron chi connectivity index (χ1n) is 13.0. The SMILES string of the molecule is CCCCOC(=O)N[C@@H](C(=O)N1C[C@H](N)C[C@H]1C(=O)NCC1CCCCC1)C(C)(C)SC(C)C. The van der Waals surface area contributed by atoms with E-state index in [1.54, 1.807) is 16.7 Å². The molecule has 34 heavy (non-hydrogen) atoms. The number of carbonyl (C=O) groups excluding carboxylic acids is 3. The molecule has 2 rings (SSSR count). The van der Waals surface area contributed by atoms with E-state index in [4.69, 9.17) is 10.5 Å². The van der Waals surface area contributed by atoms with Gasteiger partial charge in [-0.3, -0.25) is 9.59 Å². The Hall–Kier alpha value is -1.48. The number of thioether (sulfide) groups is 1. The molecule has 1 saturated heterocycles. The van der Waals surface area contributed by atoms with Crippen molar-refractivity contribution in [3.8, 4) is 0 Å². The minimum atomic E-state index is -0.840. The predicted octanol–water partition coefficient (Wildman–Crippen LogP) is 3.43. The first-order valence-corrected chi connectivity index (χ1v) is 13.9. The molecule has 1 saturated carbocycles. The zero-order valence-electron chi connectivity index (χ0n) is 21.7. The van der Waals surface area contributed by atoms with Crippen LogP contribution in [0.4, 0.5) is 4.79 Å². The molecule has 0 aromatic heterocycles. The standard InChI is InChI=1S/C25H46N4O4S/c1-6-7-13-33-24(32)28-21(25(4,5)34-17(2)3)23(31)29-16-19(26)14-20(29)22(30)27-15-18-11-9-8-10-12-18/h17-21H,6-16,26H2,1-5H3,(H,27,30)(H,28,32)/t19-,20+,21+/m1/s1. The molecule has 0 unspecified atom stereocenters. The Labute approximate surface area is 209 Å². The molecular formula is C25H46N4O4S. The van der Waals surface area contributed by atoms with Gasteiger partial charge in [0.25, 0.3) is 0 Å². The van der Waals surface area contributed by atoms with Crippen LogP contribution in [0.3, 0.4) is 0 Å². The lowest BCUT2D eigenvalue weighted by atomic mass is 9.89. The van der Waals surface area contributed by atoms with E-state index in [-0.39, 0.29) is 23.1 Å². The van der Waals surface area contributed by atoms with E-state index in [2.05, 4.69) is 24.5 Å². The van der Waals surface area contributed by atoms with Crippen molar-refractivity contribution in [1.29, 1.82) is 0 Å². The number of ether oxygens (including phenoxy) is 1. The maximum absolute atomic E-state index is 13.8. The molecule has 3 amide bonds. The molecule has 0 aromatic carbocycles. The molecule has 0 radical (unpaired) electrons. The molecule has 1 heterocycles. The normalized spacial score (nSPS) is 22.5. The zero-order chi connectivity index (χ0) is 25.3. The van der Waals surface area contributed by atoms with Gasteiger partial charge in [0, 0.05) is 23.9 Å². The highest BCUT2D eigenvalue weighted by molar-refractivity contribution is 8.01. The fraction of sp³-hybridized carbons (Fsp3) is 0.880. The van der Waals surface area contributed by atoms with Crippen molar-refractivity contribution in [3.05, 3.63) is 0 Å². The van der Waals surface area contributed by atoms with Gasteiger partial charge in [-0.05, 0) is 50.7 Å². The van der Waals surface area contributed by atoms with Gasteiger partial charge in [0.15, 0.2) is 0 Å². The lowest BCUT2D eigenvalue weighted by molar-refractivity contribution is -0.140. The number of hydrogen-bond acceptors (Lipinski definition) is 6. The molecule has 0 spiro atoms. The Morgan fingerprint density at radius 3 is 2.47 bits per heavy atom. The third-order valence-corrected chi connectivity index (χ3v) is 8.00. The maximum atomic E-state index is 13.8. The average molecular weight is 499 g/mol. The molecular weight excluding hydrogens is 452 g/mol. The first kappa shape index (κ1) is 28.8. The number of likely N-dealkylation sites (tertiary alicyclic amines) is 1. The van der Waals surface area contributed by atoms with Gasteiger partial charge in [-0.25, -0.2) is 4.79 Å². The summed E-state index contributed by atoms with van der Waals surface area (Å²) in [5.41, 5.74) is 6.21. The Morgan fingerprint density at radius 1 is 1.18 bits per heavy atom. The monoisotopic (exact) mass is 498 g/mol. The van der Waals surface area contributed by atoms with Crippen LogP contribution in [0.1, 0.15) is 86.0 Å². The largest absolute Gasteiger partial charge is 0.450 e. The summed E-state index contributed by atoms with van der Waals surface area (Å²) in [7, 11) is 0. The van der Waals surface area contributed by atoms with Gasteiger partial charge < -0.3 is 26.0 Å². The summed E-state index contributed by atoms with van der Waals surface area (Å²) in [6.45, 7) is 11.3. The number of hydrogen-bond donors (Lipinski definition) is 3. The number of alkyl carbamates (subject to hydrolysis) is 1. The van der Waals surface area contributed by atoms with Gasteiger partial charge in [0.1, 0.15) is 12.1 Å². The number of rotatable bonds is 11. The molecule has 196 valence electrons. The number of nitrogens with one attached hydrogen (secondary N) is 2. The van der Waals surface area contributed by atoms with E-state index < -0.39 is 22.9 Å². The summed E-state index contributed by atoms with van der Waals surface area (Å²) in [5.74, 6) is 0.0763. The summed E-state index contributed by atoms with van der Waals surface area (Å²) in [4.78, 5) is 41.0. The topological polar surface area (TPSA) is 114 Å². The highest BCUT2D eigenvalue weighted by Gasteiger charge is 2.46. The Morgan fingerprint density at radius 2 is 1.85 bits per heavy atom. The van der Waals surface area contributed by atoms with Crippen molar-refractivity contribution in [2.75, 3.05) is 19.7 Å². The van der Waals surface area contributed by atoms with Crippen LogP contribution in [0, 0.1) is 5.92 Å². The van der Waals surface area contributed by atoms with Crippen LogP contribution in [0.25, 0.3) is 0 Å². The molecule has 2 aliphatic rings. The second-order valence-corrected chi connectivity index (χ2v) is 12.8. The van der Waals surface area contributed by atoms with E-state index in [9.17, 15) is 14.4 Å². The van der Waals surface area contributed by atoms with Crippen molar-refractivity contribution in [3.63, 3.8) is 0 Å². The molecule has 4 N–H and O–H groups in total.